The number of likely N-dealkylation sites (tertiary alicyclic amines) is 1. The van der Waals surface area contributed by atoms with E-state index in [-0.39, 0.29) is 0 Å². The Kier molecular flexibility index (Phi) is 2.67. The van der Waals surface area contributed by atoms with Gasteiger partial charge in [-0.15, -0.1) is 0 Å². The molecule has 5 heteroatoms. The molecule has 11 heavy (non-hydrogen) atoms. The third-order valence-corrected chi connectivity index (χ3v) is 1.76. The maximum absolute atomic E-state index is 10.8. The number of hydrogen-bond donors (Lipinski definition) is 2. The van der Waals surface area contributed by atoms with E-state index in [4.69, 9.17) is 5.11 Å². The van der Waals surface area contributed by atoms with E-state index in [1.165, 1.54) is 4.90 Å². The Balaban J connectivity index is 2.39. The van der Waals surface area contributed by atoms with Crippen LogP contribution in [0.4, 0.5) is 4.79 Å². The van der Waals surface area contributed by atoms with Gasteiger partial charge in [0.2, 0.25) is 0 Å². The summed E-state index contributed by atoms with van der Waals surface area (Å²) in [6.07, 6.45) is 0.552. The largest absolute Gasteiger partial charge is 0.428 e. The third-order valence-electron chi connectivity index (χ3n) is 1.76. The topological polar surface area (TPSA) is 75.8 Å². The Bertz CT molecular complexity index is 151. The minimum absolute atomic E-state index is 0.329. The first-order valence-electron chi connectivity index (χ1n) is 3.57. The maximum Gasteiger partial charge on any atom is 0.428 e. The fourth-order valence-corrected chi connectivity index (χ4v) is 1.20. The summed E-state index contributed by atoms with van der Waals surface area (Å²) in [5.74, 6) is 4.68. The quantitative estimate of drug-likeness (QED) is 0.466. The van der Waals surface area contributed by atoms with Gasteiger partial charge in [-0.25, -0.2) is 4.79 Å². The molecule has 64 valence electrons. The van der Waals surface area contributed by atoms with Gasteiger partial charge in [-0.1, -0.05) is 0 Å². The highest BCUT2D eigenvalue weighted by atomic mass is 16.7. The molecular weight excluding hydrogens is 148 g/mol. The summed E-state index contributed by atoms with van der Waals surface area (Å²) in [5.41, 5.74) is 0. The number of carbonyl (C=O) groups is 1. The second-order valence-electron chi connectivity index (χ2n) is 2.63. The van der Waals surface area contributed by atoms with Crippen molar-refractivity contribution in [3.8, 4) is 0 Å². The molecule has 1 amide bonds. The van der Waals surface area contributed by atoms with Crippen LogP contribution >= 0.6 is 0 Å². The van der Waals surface area contributed by atoms with Crippen molar-refractivity contribution in [3.63, 3.8) is 0 Å². The third kappa shape index (κ3) is 2.06. The van der Waals surface area contributed by atoms with E-state index in [1.807, 2.05) is 0 Å². The molecule has 0 aromatic heterocycles. The molecule has 0 aromatic rings. The number of hydrogen-bond acceptors (Lipinski definition) is 4. The molecule has 0 radical (unpaired) electrons. The van der Waals surface area contributed by atoms with E-state index in [2.05, 4.69) is 10.7 Å². The minimum Gasteiger partial charge on any atom is -0.391 e. The first kappa shape index (κ1) is 8.29. The van der Waals surface area contributed by atoms with Crippen LogP contribution in [-0.2, 0) is 4.84 Å². The summed E-state index contributed by atoms with van der Waals surface area (Å²) in [6.45, 7) is 0.948. The first-order chi connectivity index (χ1) is 5.24. The predicted molar refractivity (Wildman–Crippen MR) is 37.5 cm³/mol. The number of amides is 1. The van der Waals surface area contributed by atoms with E-state index in [0.717, 1.165) is 12.8 Å². The van der Waals surface area contributed by atoms with Crippen LogP contribution in [0, 0.1) is 0 Å². The van der Waals surface area contributed by atoms with Gasteiger partial charge in [0.1, 0.15) is 0 Å². The fraction of sp³-hybridized carbons (Fsp3) is 0.833. The van der Waals surface area contributed by atoms with Crippen molar-refractivity contribution in [2.24, 2.45) is 5.90 Å². The molecule has 1 fully saturated rings. The average Bonchev–Trinajstić information content (AvgIpc) is 2.03. The molecule has 1 heterocycles. The van der Waals surface area contributed by atoms with Crippen molar-refractivity contribution >= 4 is 6.09 Å². The Morgan fingerprint density at radius 3 is 3.00 bits per heavy atom. The molecule has 0 saturated carbocycles. The second-order valence-corrected chi connectivity index (χ2v) is 2.63. The summed E-state index contributed by atoms with van der Waals surface area (Å²) in [4.78, 5) is 16.2. The molecule has 3 N–H and O–H groups in total. The zero-order chi connectivity index (χ0) is 8.27. The number of aliphatic hydroxyl groups is 1. The van der Waals surface area contributed by atoms with Gasteiger partial charge in [-0.05, 0) is 12.8 Å². The lowest BCUT2D eigenvalue weighted by Gasteiger charge is -2.28. The van der Waals surface area contributed by atoms with Gasteiger partial charge >= 0.3 is 6.09 Å². The predicted octanol–water partition coefficient (Wildman–Crippen LogP) is -0.547. The fourth-order valence-electron chi connectivity index (χ4n) is 1.20. The van der Waals surface area contributed by atoms with Crippen LogP contribution in [0.2, 0.25) is 0 Å². The van der Waals surface area contributed by atoms with Crippen LogP contribution in [0.25, 0.3) is 0 Å². The van der Waals surface area contributed by atoms with Gasteiger partial charge in [0.05, 0.1) is 6.10 Å². The Labute approximate surface area is 64.7 Å². The molecule has 1 rings (SSSR count). The number of β-amino-alcohol motifs (C(OH)–C–C–N with tert-alkyl or cyclic N) is 1. The van der Waals surface area contributed by atoms with Crippen LogP contribution in [0.1, 0.15) is 12.8 Å². The Morgan fingerprint density at radius 2 is 2.45 bits per heavy atom. The molecule has 5 nitrogen and oxygen atoms in total. The van der Waals surface area contributed by atoms with Crippen molar-refractivity contribution in [2.75, 3.05) is 13.1 Å². The first-order valence-corrected chi connectivity index (χ1v) is 3.57. The molecule has 0 aromatic carbocycles. The van der Waals surface area contributed by atoms with Crippen molar-refractivity contribution in [2.45, 2.75) is 18.9 Å². The number of piperidine rings is 1. The zero-order valence-corrected chi connectivity index (χ0v) is 6.19. The zero-order valence-electron chi connectivity index (χ0n) is 6.19. The van der Waals surface area contributed by atoms with E-state index in [0.29, 0.717) is 13.1 Å². The Morgan fingerprint density at radius 1 is 1.73 bits per heavy atom. The number of carbonyl (C=O) groups excluding carboxylic acids is 1. The molecule has 0 bridgehead atoms. The number of rotatable bonds is 0. The van der Waals surface area contributed by atoms with Gasteiger partial charge in [-0.3, -0.25) is 0 Å². The maximum atomic E-state index is 10.8. The van der Waals surface area contributed by atoms with Gasteiger partial charge in [0.25, 0.3) is 0 Å². The molecule has 0 aliphatic carbocycles. The molecule has 0 unspecified atom stereocenters. The van der Waals surface area contributed by atoms with Gasteiger partial charge < -0.3 is 14.8 Å². The molecule has 1 aliphatic heterocycles. The molecule has 1 aliphatic rings. The molecular formula is C6H12N2O3. The highest BCUT2D eigenvalue weighted by molar-refractivity contribution is 5.67. The summed E-state index contributed by atoms with van der Waals surface area (Å²) in [6, 6.07) is 0. The Hall–Kier alpha value is -0.810. The van der Waals surface area contributed by atoms with Gasteiger partial charge in [0, 0.05) is 13.1 Å². The monoisotopic (exact) mass is 160 g/mol. The summed E-state index contributed by atoms with van der Waals surface area (Å²) in [5, 5.41) is 9.13. The van der Waals surface area contributed by atoms with Crippen LogP contribution < -0.4 is 5.90 Å². The smallest absolute Gasteiger partial charge is 0.391 e. The van der Waals surface area contributed by atoms with Crippen molar-refractivity contribution in [1.82, 2.24) is 4.90 Å². The number of aliphatic hydroxyl groups excluding tert-OH is 1. The summed E-state index contributed by atoms with van der Waals surface area (Å²) >= 11 is 0. The number of nitrogens with zero attached hydrogens (tertiary/aromatic N) is 1. The highest BCUT2D eigenvalue weighted by Crippen LogP contribution is 2.09. The summed E-state index contributed by atoms with van der Waals surface area (Å²) < 4.78 is 0. The van der Waals surface area contributed by atoms with Crippen LogP contribution in [0.3, 0.4) is 0 Å². The molecule has 0 spiro atoms. The average molecular weight is 160 g/mol. The highest BCUT2D eigenvalue weighted by Gasteiger charge is 2.22. The van der Waals surface area contributed by atoms with E-state index in [1.54, 1.807) is 0 Å². The molecule has 1 saturated heterocycles. The van der Waals surface area contributed by atoms with Crippen molar-refractivity contribution in [3.05, 3.63) is 0 Å². The minimum atomic E-state index is -0.566. The van der Waals surface area contributed by atoms with E-state index >= 15 is 0 Å². The van der Waals surface area contributed by atoms with Crippen LogP contribution in [-0.4, -0.2) is 35.3 Å². The number of nitrogens with two attached hydrogens (primary N) is 1. The lowest BCUT2D eigenvalue weighted by atomic mass is 10.1. The normalized spacial score (nSPS) is 24.9. The summed E-state index contributed by atoms with van der Waals surface area (Å²) in [7, 11) is 0. The van der Waals surface area contributed by atoms with Crippen molar-refractivity contribution < 1.29 is 14.7 Å². The SMILES string of the molecule is NOC(=O)N1CCC[C@@H](O)C1. The second kappa shape index (κ2) is 3.54. The van der Waals surface area contributed by atoms with E-state index in [9.17, 15) is 4.79 Å². The van der Waals surface area contributed by atoms with E-state index < -0.39 is 12.2 Å². The van der Waals surface area contributed by atoms with Crippen LogP contribution in [0.15, 0.2) is 0 Å². The van der Waals surface area contributed by atoms with Crippen molar-refractivity contribution in [1.29, 1.82) is 0 Å². The van der Waals surface area contributed by atoms with Gasteiger partial charge in [-0.2, -0.15) is 5.90 Å². The standard InChI is InChI=1S/C6H12N2O3/c7-11-6(10)8-3-1-2-5(9)4-8/h5,9H,1-4,7H2/t5-/m1/s1. The molecule has 1 atom stereocenters. The lowest BCUT2D eigenvalue weighted by Crippen LogP contribution is -2.43. The van der Waals surface area contributed by atoms with Gasteiger partial charge in [0.15, 0.2) is 0 Å². The van der Waals surface area contributed by atoms with Crippen LogP contribution in [0.5, 0.6) is 0 Å². The lowest BCUT2D eigenvalue weighted by molar-refractivity contribution is 0.0490.